The fourth-order valence-corrected chi connectivity index (χ4v) is 7.02. The Morgan fingerprint density at radius 2 is 1.93 bits per heavy atom. The molecule has 1 aromatic rings. The van der Waals surface area contributed by atoms with Crippen LogP contribution in [-0.2, 0) is 12.2 Å². The van der Waals surface area contributed by atoms with E-state index in [1.807, 2.05) is 6.07 Å². The van der Waals surface area contributed by atoms with Gasteiger partial charge in [0.2, 0.25) is 0 Å². The van der Waals surface area contributed by atoms with Gasteiger partial charge in [0.1, 0.15) is 0 Å². The largest absolute Gasteiger partial charge is 0.546 e. The van der Waals surface area contributed by atoms with Crippen molar-refractivity contribution in [2.45, 2.75) is 13.8 Å². The molecule has 0 spiro atoms. The maximum atomic E-state index is 5.85. The molecule has 0 radical (unpaired) electrons. The van der Waals surface area contributed by atoms with Gasteiger partial charge >= 0.3 is 0 Å². The van der Waals surface area contributed by atoms with Gasteiger partial charge < -0.3 is 19.2 Å². The molecule has 1 aliphatic rings. The Morgan fingerprint density at radius 3 is 2.40 bits per heavy atom. The minimum atomic E-state index is -1.49. The maximum Gasteiger partial charge on any atom is 0.0770 e. The SMILES string of the molecule is [CH2-]C1(C)C[P+]([S-])(c2ccccc2)C=C1C. The van der Waals surface area contributed by atoms with Crippen LogP contribution in [0.15, 0.2) is 41.7 Å². The summed E-state index contributed by atoms with van der Waals surface area (Å²) in [5.74, 6) is 2.31. The molecule has 1 heterocycles. The van der Waals surface area contributed by atoms with Crippen molar-refractivity contribution in [1.29, 1.82) is 0 Å². The number of allylic oxidation sites excluding steroid dienone is 1. The van der Waals surface area contributed by atoms with Gasteiger partial charge in [-0.1, -0.05) is 37.2 Å². The van der Waals surface area contributed by atoms with Gasteiger partial charge in [0.25, 0.3) is 0 Å². The predicted octanol–water partition coefficient (Wildman–Crippen LogP) is 3.55. The molecular weight excluding hydrogens is 219 g/mol. The van der Waals surface area contributed by atoms with E-state index in [0.29, 0.717) is 0 Å². The third kappa shape index (κ3) is 2.00. The minimum absolute atomic E-state index is 0.0470. The van der Waals surface area contributed by atoms with Crippen LogP contribution >= 0.6 is 6.46 Å². The average molecular weight is 235 g/mol. The molecule has 1 aromatic carbocycles. The van der Waals surface area contributed by atoms with Gasteiger partial charge in [0, 0.05) is 12.0 Å². The third-order valence-corrected chi connectivity index (χ3v) is 7.61. The summed E-state index contributed by atoms with van der Waals surface area (Å²) in [4.78, 5) is 0. The Morgan fingerprint density at radius 1 is 1.33 bits per heavy atom. The Hall–Kier alpha value is -0.260. The first-order chi connectivity index (χ1) is 6.94. The first-order valence-electron chi connectivity index (χ1n) is 5.14. The minimum Gasteiger partial charge on any atom is -0.546 e. The van der Waals surface area contributed by atoms with Crippen molar-refractivity contribution in [3.63, 3.8) is 0 Å². The van der Waals surface area contributed by atoms with Crippen LogP contribution in [-0.4, -0.2) is 6.16 Å². The van der Waals surface area contributed by atoms with Crippen LogP contribution in [0.5, 0.6) is 0 Å². The van der Waals surface area contributed by atoms with Gasteiger partial charge in [0.05, 0.1) is 5.30 Å². The summed E-state index contributed by atoms with van der Waals surface area (Å²) in [6, 6.07) is 10.5. The van der Waals surface area contributed by atoms with Gasteiger partial charge in [-0.15, -0.1) is 5.41 Å². The lowest BCUT2D eigenvalue weighted by atomic mass is 9.89. The maximum absolute atomic E-state index is 5.85. The summed E-state index contributed by atoms with van der Waals surface area (Å²) in [7, 11) is 0. The average Bonchev–Trinajstić information content (AvgIpc) is 2.38. The van der Waals surface area contributed by atoms with Gasteiger partial charge in [-0.25, -0.2) is 0 Å². The zero-order valence-corrected chi connectivity index (χ0v) is 10.9. The second-order valence-electron chi connectivity index (χ2n) is 4.66. The smallest absolute Gasteiger partial charge is 0.0770 e. The second kappa shape index (κ2) is 3.64. The number of hydrogen-bond acceptors (Lipinski definition) is 1. The van der Waals surface area contributed by atoms with Crippen molar-refractivity contribution in [2.24, 2.45) is 5.41 Å². The number of rotatable bonds is 1. The van der Waals surface area contributed by atoms with E-state index in [9.17, 15) is 0 Å². The standard InChI is InChI=1S/C13H16PS/c1-11-9-14(15,10-13(11,2)3)12-7-5-4-6-8-12/h4-9H,2,10H2,1,3H3/q-1. The van der Waals surface area contributed by atoms with Gasteiger partial charge in [-0.05, 0) is 19.1 Å². The fraction of sp³-hybridized carbons (Fsp3) is 0.308. The summed E-state index contributed by atoms with van der Waals surface area (Å²) in [6.45, 7) is 7.12. The van der Waals surface area contributed by atoms with Crippen LogP contribution in [0.1, 0.15) is 13.8 Å². The van der Waals surface area contributed by atoms with E-state index in [-0.39, 0.29) is 5.41 Å². The van der Waals surface area contributed by atoms with E-state index in [1.165, 1.54) is 10.9 Å². The molecule has 0 aliphatic carbocycles. The molecule has 0 aromatic heterocycles. The highest BCUT2D eigenvalue weighted by Gasteiger charge is 2.36. The van der Waals surface area contributed by atoms with Crippen LogP contribution < -0.4 is 5.30 Å². The van der Waals surface area contributed by atoms with E-state index in [2.05, 4.69) is 50.9 Å². The monoisotopic (exact) mass is 235 g/mol. The van der Waals surface area contributed by atoms with Crippen LogP contribution in [0.25, 0.3) is 0 Å². The molecule has 15 heavy (non-hydrogen) atoms. The summed E-state index contributed by atoms with van der Waals surface area (Å²) >= 11 is 5.85. The molecule has 0 bridgehead atoms. The van der Waals surface area contributed by atoms with Crippen molar-refractivity contribution >= 4 is 24.0 Å². The van der Waals surface area contributed by atoms with Gasteiger partial charge in [-0.2, -0.15) is 0 Å². The summed E-state index contributed by atoms with van der Waals surface area (Å²) in [5.41, 5.74) is 1.40. The molecule has 2 heteroatoms. The molecule has 0 saturated heterocycles. The van der Waals surface area contributed by atoms with Crippen LogP contribution in [0.3, 0.4) is 0 Å². The molecule has 1 aliphatic heterocycles. The Balaban J connectivity index is 2.40. The Bertz CT molecular complexity index is 394. The van der Waals surface area contributed by atoms with Gasteiger partial charge in [-0.3, -0.25) is 0 Å². The lowest BCUT2D eigenvalue weighted by Gasteiger charge is -2.33. The van der Waals surface area contributed by atoms with E-state index in [0.717, 1.165) is 6.16 Å². The van der Waals surface area contributed by atoms with Crippen molar-refractivity contribution in [1.82, 2.24) is 0 Å². The van der Waals surface area contributed by atoms with E-state index < -0.39 is 6.46 Å². The molecule has 0 fully saturated rings. The molecule has 80 valence electrons. The first-order valence-corrected chi connectivity index (χ1v) is 8.19. The molecule has 2 atom stereocenters. The zero-order valence-electron chi connectivity index (χ0n) is 9.23. The fourth-order valence-electron chi connectivity index (χ4n) is 2.00. The van der Waals surface area contributed by atoms with Gasteiger partial charge in [0.15, 0.2) is 0 Å². The molecule has 0 nitrogen and oxygen atoms in total. The lowest BCUT2D eigenvalue weighted by Crippen LogP contribution is -2.17. The molecule has 2 unspecified atom stereocenters. The molecular formula is C13H16PS-. The summed E-state index contributed by atoms with van der Waals surface area (Å²) < 4.78 is 0. The normalized spacial score (nSPS) is 35.3. The topological polar surface area (TPSA) is 0 Å². The molecule has 0 N–H and O–H groups in total. The molecule has 2 rings (SSSR count). The quantitative estimate of drug-likeness (QED) is 0.407. The Kier molecular flexibility index (Phi) is 2.73. The molecule has 0 amide bonds. The summed E-state index contributed by atoms with van der Waals surface area (Å²) in [5, 5.41) is 1.33. The molecule has 0 saturated carbocycles. The highest BCUT2D eigenvalue weighted by Crippen LogP contribution is 2.67. The van der Waals surface area contributed by atoms with E-state index >= 15 is 0 Å². The van der Waals surface area contributed by atoms with Crippen molar-refractivity contribution in [3.05, 3.63) is 48.6 Å². The van der Waals surface area contributed by atoms with Crippen LogP contribution in [0, 0.1) is 12.3 Å². The first kappa shape index (κ1) is 11.2. The lowest BCUT2D eigenvalue weighted by molar-refractivity contribution is 0.595. The second-order valence-corrected chi connectivity index (χ2v) is 9.30. The number of hydrogen-bond donors (Lipinski definition) is 0. The van der Waals surface area contributed by atoms with Crippen molar-refractivity contribution < 1.29 is 0 Å². The zero-order chi connectivity index (χ0) is 11.1. The van der Waals surface area contributed by atoms with Crippen molar-refractivity contribution in [2.75, 3.05) is 6.16 Å². The highest BCUT2D eigenvalue weighted by atomic mass is 32.7. The number of benzene rings is 1. The van der Waals surface area contributed by atoms with Crippen LogP contribution in [0.2, 0.25) is 0 Å². The van der Waals surface area contributed by atoms with E-state index in [1.54, 1.807) is 0 Å². The highest BCUT2D eigenvalue weighted by molar-refractivity contribution is 8.46. The Labute approximate surface area is 98.3 Å². The third-order valence-electron chi connectivity index (χ3n) is 3.13. The predicted molar refractivity (Wildman–Crippen MR) is 72.4 cm³/mol. The van der Waals surface area contributed by atoms with Crippen LogP contribution in [0.4, 0.5) is 0 Å². The van der Waals surface area contributed by atoms with Crippen molar-refractivity contribution in [3.8, 4) is 0 Å². The summed E-state index contributed by atoms with van der Waals surface area (Å²) in [6.07, 6.45) is 1.03. The van der Waals surface area contributed by atoms with E-state index in [4.69, 9.17) is 12.2 Å².